The van der Waals surface area contributed by atoms with E-state index in [-0.39, 0.29) is 23.1 Å². The van der Waals surface area contributed by atoms with E-state index in [1.165, 1.54) is 11.7 Å². The molecule has 138 valence electrons. The zero-order chi connectivity index (χ0) is 19.0. The first kappa shape index (κ1) is 17.3. The van der Waals surface area contributed by atoms with Gasteiger partial charge in [0.1, 0.15) is 17.1 Å². The van der Waals surface area contributed by atoms with Crippen LogP contribution in [-0.2, 0) is 16.4 Å². The molecular weight excluding hydrogens is 366 g/mol. The SMILES string of the molecule is COc1ccccc1NC(=O)c1c(-c2ccccc2)nc2n1CCS2(=O)=O. The molecule has 2 aromatic carbocycles. The highest BCUT2D eigenvalue weighted by molar-refractivity contribution is 7.91. The lowest BCUT2D eigenvalue weighted by Gasteiger charge is -2.11. The second-order valence-corrected chi connectivity index (χ2v) is 8.09. The van der Waals surface area contributed by atoms with E-state index in [9.17, 15) is 13.2 Å². The molecule has 27 heavy (non-hydrogen) atoms. The summed E-state index contributed by atoms with van der Waals surface area (Å²) in [5.74, 6) is 0.0226. The predicted molar refractivity (Wildman–Crippen MR) is 101 cm³/mol. The molecule has 0 bridgehead atoms. The topological polar surface area (TPSA) is 90.3 Å². The molecule has 0 radical (unpaired) electrons. The molecule has 1 aliphatic heterocycles. The standard InChI is InChI=1S/C19H17N3O4S/c1-26-15-10-6-5-9-14(15)20-18(23)17-16(13-7-3-2-4-8-13)21-19-22(17)11-12-27(19,24)25/h2-10H,11-12H2,1H3,(H,20,23). The number of rotatable bonds is 4. The second-order valence-electron chi connectivity index (χ2n) is 6.08. The number of hydrogen-bond acceptors (Lipinski definition) is 5. The third-order valence-electron chi connectivity index (χ3n) is 4.41. The van der Waals surface area contributed by atoms with Crippen LogP contribution in [0, 0.1) is 0 Å². The van der Waals surface area contributed by atoms with E-state index in [0.29, 0.717) is 22.7 Å². The number of aromatic nitrogens is 2. The van der Waals surface area contributed by atoms with Crippen molar-refractivity contribution in [3.8, 4) is 17.0 Å². The number of carbonyl (C=O) groups is 1. The van der Waals surface area contributed by atoms with Crippen molar-refractivity contribution in [2.24, 2.45) is 0 Å². The molecule has 1 aliphatic rings. The normalized spacial score (nSPS) is 14.6. The summed E-state index contributed by atoms with van der Waals surface area (Å²) in [6, 6.07) is 16.1. The Labute approximate surface area is 156 Å². The summed E-state index contributed by atoms with van der Waals surface area (Å²) in [5, 5.41) is 2.75. The molecule has 0 saturated heterocycles. The summed E-state index contributed by atoms with van der Waals surface area (Å²) in [7, 11) is -1.97. The summed E-state index contributed by atoms with van der Waals surface area (Å²) in [5.41, 5.74) is 1.75. The number of carbonyl (C=O) groups excluding carboxylic acids is 1. The molecule has 3 aromatic rings. The number of fused-ring (bicyclic) bond motifs is 1. The third kappa shape index (κ3) is 2.97. The van der Waals surface area contributed by atoms with Gasteiger partial charge in [0.05, 0.1) is 18.6 Å². The number of para-hydroxylation sites is 2. The van der Waals surface area contributed by atoms with Gasteiger partial charge in [0, 0.05) is 12.1 Å². The van der Waals surface area contributed by atoms with Crippen molar-refractivity contribution in [1.82, 2.24) is 9.55 Å². The van der Waals surface area contributed by atoms with Crippen LogP contribution < -0.4 is 10.1 Å². The number of nitrogens with one attached hydrogen (secondary N) is 1. The Bertz CT molecular complexity index is 1120. The van der Waals surface area contributed by atoms with Crippen molar-refractivity contribution in [3.63, 3.8) is 0 Å². The van der Waals surface area contributed by atoms with Crippen LogP contribution in [0.4, 0.5) is 5.69 Å². The number of sulfone groups is 1. The van der Waals surface area contributed by atoms with E-state index in [4.69, 9.17) is 4.74 Å². The van der Waals surface area contributed by atoms with E-state index in [0.717, 1.165) is 0 Å². The van der Waals surface area contributed by atoms with Gasteiger partial charge in [-0.1, -0.05) is 42.5 Å². The van der Waals surface area contributed by atoms with Crippen molar-refractivity contribution in [1.29, 1.82) is 0 Å². The largest absolute Gasteiger partial charge is 0.495 e. The maximum absolute atomic E-state index is 13.1. The minimum absolute atomic E-state index is 0.0562. The first-order valence-corrected chi connectivity index (χ1v) is 9.99. The van der Waals surface area contributed by atoms with Gasteiger partial charge in [-0.25, -0.2) is 13.4 Å². The van der Waals surface area contributed by atoms with Gasteiger partial charge in [-0.05, 0) is 12.1 Å². The van der Waals surface area contributed by atoms with Crippen LogP contribution in [0.3, 0.4) is 0 Å². The number of amides is 1. The number of hydrogen-bond donors (Lipinski definition) is 1. The highest BCUT2D eigenvalue weighted by Gasteiger charge is 2.35. The zero-order valence-corrected chi connectivity index (χ0v) is 15.4. The van der Waals surface area contributed by atoms with Gasteiger partial charge < -0.3 is 14.6 Å². The molecule has 4 rings (SSSR count). The first-order valence-electron chi connectivity index (χ1n) is 8.34. The molecule has 0 spiro atoms. The fourth-order valence-corrected chi connectivity index (χ4v) is 4.49. The van der Waals surface area contributed by atoms with Crippen molar-refractivity contribution in [2.45, 2.75) is 11.7 Å². The highest BCUT2D eigenvalue weighted by atomic mass is 32.2. The van der Waals surface area contributed by atoms with Gasteiger partial charge in [0.2, 0.25) is 15.0 Å². The summed E-state index contributed by atoms with van der Waals surface area (Å²) in [6.07, 6.45) is 0. The maximum Gasteiger partial charge on any atom is 0.274 e. The van der Waals surface area contributed by atoms with Crippen LogP contribution in [0.25, 0.3) is 11.3 Å². The Hall–Kier alpha value is -3.13. The van der Waals surface area contributed by atoms with Crippen molar-refractivity contribution >= 4 is 21.4 Å². The molecule has 1 amide bonds. The Morgan fingerprint density at radius 2 is 1.81 bits per heavy atom. The van der Waals surface area contributed by atoms with Crippen LogP contribution in [0.5, 0.6) is 5.75 Å². The van der Waals surface area contributed by atoms with E-state index in [2.05, 4.69) is 10.3 Å². The monoisotopic (exact) mass is 383 g/mol. The number of ether oxygens (including phenoxy) is 1. The number of anilines is 1. The number of nitrogens with zero attached hydrogens (tertiary/aromatic N) is 2. The van der Waals surface area contributed by atoms with Gasteiger partial charge in [-0.2, -0.15) is 0 Å². The smallest absolute Gasteiger partial charge is 0.274 e. The minimum atomic E-state index is -3.49. The van der Waals surface area contributed by atoms with Crippen molar-refractivity contribution in [2.75, 3.05) is 18.2 Å². The van der Waals surface area contributed by atoms with Crippen molar-refractivity contribution < 1.29 is 17.9 Å². The van der Waals surface area contributed by atoms with Gasteiger partial charge in [-0.3, -0.25) is 4.79 Å². The van der Waals surface area contributed by atoms with Crippen LogP contribution in [0.15, 0.2) is 59.8 Å². The Morgan fingerprint density at radius 1 is 1.11 bits per heavy atom. The lowest BCUT2D eigenvalue weighted by Crippen LogP contribution is -2.18. The van der Waals surface area contributed by atoms with E-state index >= 15 is 0 Å². The van der Waals surface area contributed by atoms with Gasteiger partial charge in [0.15, 0.2) is 0 Å². The Kier molecular flexibility index (Phi) is 4.19. The van der Waals surface area contributed by atoms with E-state index in [1.807, 2.05) is 18.2 Å². The molecule has 0 unspecified atom stereocenters. The molecule has 7 nitrogen and oxygen atoms in total. The second kappa shape index (κ2) is 6.55. The first-order chi connectivity index (χ1) is 13.0. The number of methoxy groups -OCH3 is 1. The fourth-order valence-electron chi connectivity index (χ4n) is 3.14. The zero-order valence-electron chi connectivity index (χ0n) is 14.5. The molecule has 0 saturated carbocycles. The average molecular weight is 383 g/mol. The molecule has 1 N–H and O–H groups in total. The van der Waals surface area contributed by atoms with Crippen LogP contribution >= 0.6 is 0 Å². The maximum atomic E-state index is 13.1. The summed E-state index contributed by atoms with van der Waals surface area (Å²) in [4.78, 5) is 17.4. The van der Waals surface area contributed by atoms with Gasteiger partial charge in [-0.15, -0.1) is 0 Å². The van der Waals surface area contributed by atoms with E-state index < -0.39 is 15.7 Å². The van der Waals surface area contributed by atoms with Crippen LogP contribution in [0.1, 0.15) is 10.5 Å². The fraction of sp³-hybridized carbons (Fsp3) is 0.158. The minimum Gasteiger partial charge on any atom is -0.495 e. The lowest BCUT2D eigenvalue weighted by atomic mass is 10.1. The molecule has 0 atom stereocenters. The quantitative estimate of drug-likeness (QED) is 0.748. The third-order valence-corrected chi connectivity index (χ3v) is 6.00. The van der Waals surface area contributed by atoms with E-state index in [1.54, 1.807) is 36.4 Å². The Morgan fingerprint density at radius 3 is 2.56 bits per heavy atom. The lowest BCUT2D eigenvalue weighted by molar-refractivity contribution is 0.101. The van der Waals surface area contributed by atoms with Crippen molar-refractivity contribution in [3.05, 3.63) is 60.3 Å². The molecule has 0 aliphatic carbocycles. The molecule has 1 aromatic heterocycles. The highest BCUT2D eigenvalue weighted by Crippen LogP contribution is 2.31. The van der Waals surface area contributed by atoms with Gasteiger partial charge in [0.25, 0.3) is 5.91 Å². The summed E-state index contributed by atoms with van der Waals surface area (Å²) in [6.45, 7) is 0.201. The van der Waals surface area contributed by atoms with Crippen LogP contribution in [-0.4, -0.2) is 36.7 Å². The van der Waals surface area contributed by atoms with Gasteiger partial charge >= 0.3 is 0 Å². The average Bonchev–Trinajstić information content (AvgIpc) is 3.20. The number of imidazole rings is 1. The molecule has 8 heteroatoms. The molecule has 2 heterocycles. The summed E-state index contributed by atoms with van der Waals surface area (Å²) >= 11 is 0. The van der Waals surface area contributed by atoms with Crippen LogP contribution in [0.2, 0.25) is 0 Å². The predicted octanol–water partition coefficient (Wildman–Crippen LogP) is 2.60. The number of benzene rings is 2. The molecular formula is C19H17N3O4S. The Balaban J connectivity index is 1.83. The summed E-state index contributed by atoms with van der Waals surface area (Å²) < 4.78 is 31.3. The molecule has 0 fully saturated rings.